The van der Waals surface area contributed by atoms with E-state index in [1.807, 2.05) is 56.6 Å². The Morgan fingerprint density at radius 2 is 1.27 bits per heavy atom. The molecule has 0 saturated carbocycles. The smallest absolute Gasteiger partial charge is 0.290 e. The van der Waals surface area contributed by atoms with Crippen LogP contribution in [0.3, 0.4) is 0 Å². The van der Waals surface area contributed by atoms with E-state index >= 15 is 0 Å². The highest BCUT2D eigenvalue weighted by molar-refractivity contribution is 6.31. The van der Waals surface area contributed by atoms with Gasteiger partial charge in [-0.15, -0.1) is 0 Å². The van der Waals surface area contributed by atoms with Crippen LogP contribution in [0, 0.1) is 27.7 Å². The second-order valence-corrected chi connectivity index (χ2v) is 3.86. The first kappa shape index (κ1) is 10.0. The molecule has 2 heterocycles. The fourth-order valence-electron chi connectivity index (χ4n) is 1.63. The lowest BCUT2D eigenvalue weighted by molar-refractivity contribution is 0.834. The Bertz CT molecular complexity index is 439. The largest absolute Gasteiger partial charge is 0.437 e. The minimum Gasteiger partial charge on any atom is -0.290 e. The third-order valence-corrected chi connectivity index (χ3v) is 2.31. The zero-order valence-electron chi connectivity index (χ0n) is 9.52. The first-order chi connectivity index (χ1) is 7.06. The van der Waals surface area contributed by atoms with Gasteiger partial charge in [0.25, 0.3) is 0 Å². The molecule has 1 radical (unpaired) electrons. The first-order valence-corrected chi connectivity index (χ1v) is 4.97. The van der Waals surface area contributed by atoms with E-state index in [4.69, 9.17) is 0 Å². The van der Waals surface area contributed by atoms with E-state index in [9.17, 15) is 0 Å². The Balaban J connectivity index is 2.29. The van der Waals surface area contributed by atoms with Crippen LogP contribution in [0.25, 0.3) is 0 Å². The molecule has 5 heteroatoms. The molecule has 0 N–H and O–H groups in total. The molecule has 2 rings (SSSR count). The summed E-state index contributed by atoms with van der Waals surface area (Å²) in [7, 11) is 1.89. The van der Waals surface area contributed by atoms with Crippen LogP contribution in [0.5, 0.6) is 0 Å². The highest BCUT2D eigenvalue weighted by atomic mass is 15.3. The van der Waals surface area contributed by atoms with Crippen LogP contribution in [-0.2, 0) is 0 Å². The van der Waals surface area contributed by atoms with E-state index in [0.717, 1.165) is 22.8 Å². The second kappa shape index (κ2) is 3.57. The third kappa shape index (κ3) is 1.96. The third-order valence-electron chi connectivity index (χ3n) is 2.31. The van der Waals surface area contributed by atoms with Gasteiger partial charge in [0.1, 0.15) is 0 Å². The average Bonchev–Trinajstić information content (AvgIpc) is 2.58. The van der Waals surface area contributed by atoms with Crippen molar-refractivity contribution in [3.63, 3.8) is 0 Å². The van der Waals surface area contributed by atoms with Gasteiger partial charge in [0.15, 0.2) is 0 Å². The van der Waals surface area contributed by atoms with Crippen molar-refractivity contribution in [2.24, 2.45) is 0 Å². The lowest BCUT2D eigenvalue weighted by Crippen LogP contribution is -2.21. The summed E-state index contributed by atoms with van der Waals surface area (Å²) in [6.45, 7) is 8.03. The van der Waals surface area contributed by atoms with E-state index < -0.39 is 0 Å². The number of aryl methyl sites for hydroxylation is 4. The molecule has 2 aromatic rings. The fourth-order valence-corrected chi connectivity index (χ4v) is 1.63. The summed E-state index contributed by atoms with van der Waals surface area (Å²) in [5.41, 5.74) is 4.26. The quantitative estimate of drug-likeness (QED) is 0.685. The number of hydrogen-bond donors (Lipinski definition) is 0. The summed E-state index contributed by atoms with van der Waals surface area (Å²) < 4.78 is 3.68. The van der Waals surface area contributed by atoms with Crippen molar-refractivity contribution in [2.45, 2.75) is 27.7 Å². The summed E-state index contributed by atoms with van der Waals surface area (Å²) in [6.07, 6.45) is 0. The van der Waals surface area contributed by atoms with Gasteiger partial charge in [-0.3, -0.25) is 9.19 Å². The van der Waals surface area contributed by atoms with Crippen LogP contribution in [0.2, 0.25) is 0 Å². The van der Waals surface area contributed by atoms with E-state index in [-0.39, 0.29) is 0 Å². The highest BCUT2D eigenvalue weighted by Crippen LogP contribution is 2.03. The summed E-state index contributed by atoms with van der Waals surface area (Å²) in [5, 5.41) is 8.71. The average molecular weight is 201 g/mol. The SMILES string of the molecule is Cc1cc(C)n([B]n2nc(C)cc2C)n1. The molecule has 0 aliphatic rings. The molecule has 0 fully saturated rings. The molecule has 0 aliphatic heterocycles. The number of hydrogen-bond acceptors (Lipinski definition) is 2. The van der Waals surface area contributed by atoms with Gasteiger partial charge in [-0.25, -0.2) is 0 Å². The van der Waals surface area contributed by atoms with E-state index in [2.05, 4.69) is 10.2 Å². The van der Waals surface area contributed by atoms with Gasteiger partial charge < -0.3 is 0 Å². The monoisotopic (exact) mass is 201 g/mol. The van der Waals surface area contributed by atoms with Gasteiger partial charge in [-0.1, -0.05) is 0 Å². The van der Waals surface area contributed by atoms with Gasteiger partial charge in [-0.05, 0) is 39.8 Å². The zero-order valence-corrected chi connectivity index (χ0v) is 9.52. The van der Waals surface area contributed by atoms with Crippen molar-refractivity contribution in [3.05, 3.63) is 34.9 Å². The van der Waals surface area contributed by atoms with Gasteiger partial charge >= 0.3 is 7.55 Å². The van der Waals surface area contributed by atoms with E-state index in [0.29, 0.717) is 0 Å². The Morgan fingerprint density at radius 1 is 0.867 bits per heavy atom. The van der Waals surface area contributed by atoms with Crippen molar-refractivity contribution in [1.82, 2.24) is 19.4 Å². The van der Waals surface area contributed by atoms with Crippen LogP contribution < -0.4 is 0 Å². The molecule has 0 aromatic carbocycles. The summed E-state index contributed by atoms with van der Waals surface area (Å²) >= 11 is 0. The molecular weight excluding hydrogens is 187 g/mol. The Kier molecular flexibility index (Phi) is 2.38. The Labute approximate surface area is 90.2 Å². The van der Waals surface area contributed by atoms with Crippen molar-refractivity contribution < 1.29 is 0 Å². The molecule has 0 spiro atoms. The predicted octanol–water partition coefficient (Wildman–Crippen LogP) is 1.24. The van der Waals surface area contributed by atoms with Crippen molar-refractivity contribution in [2.75, 3.05) is 0 Å². The first-order valence-electron chi connectivity index (χ1n) is 4.97. The lowest BCUT2D eigenvalue weighted by Gasteiger charge is -2.03. The van der Waals surface area contributed by atoms with E-state index in [1.165, 1.54) is 0 Å². The van der Waals surface area contributed by atoms with Crippen LogP contribution in [0.4, 0.5) is 0 Å². The lowest BCUT2D eigenvalue weighted by atomic mass is 10.1. The summed E-state index contributed by atoms with van der Waals surface area (Å²) in [4.78, 5) is 0. The minimum atomic E-state index is 1.02. The van der Waals surface area contributed by atoms with Gasteiger partial charge in [0.05, 0.1) is 11.4 Å². The fraction of sp³-hybridized carbons (Fsp3) is 0.400. The standard InChI is InChI=1S/C10H14BN4/c1-7-5-9(3)14(12-7)11-15-10(4)6-8(2)13-15/h5-6H,1-4H3. The van der Waals surface area contributed by atoms with Crippen LogP contribution >= 0.6 is 0 Å². The van der Waals surface area contributed by atoms with Gasteiger partial charge in [0.2, 0.25) is 0 Å². The molecule has 0 bridgehead atoms. The number of aromatic nitrogens is 4. The van der Waals surface area contributed by atoms with E-state index in [1.54, 1.807) is 0 Å². The maximum atomic E-state index is 4.36. The summed E-state index contributed by atoms with van der Waals surface area (Å²) in [5.74, 6) is 0. The molecule has 0 amide bonds. The maximum absolute atomic E-state index is 4.36. The van der Waals surface area contributed by atoms with Crippen molar-refractivity contribution in [1.29, 1.82) is 0 Å². The normalized spacial score (nSPS) is 10.7. The second-order valence-electron chi connectivity index (χ2n) is 3.86. The number of rotatable bonds is 2. The molecule has 0 saturated heterocycles. The molecule has 4 nitrogen and oxygen atoms in total. The van der Waals surface area contributed by atoms with Crippen LogP contribution in [-0.4, -0.2) is 26.9 Å². The van der Waals surface area contributed by atoms with Crippen LogP contribution in [0.15, 0.2) is 12.1 Å². The van der Waals surface area contributed by atoms with Crippen molar-refractivity contribution >= 4 is 7.55 Å². The number of nitrogens with zero attached hydrogens (tertiary/aromatic N) is 4. The molecule has 0 unspecified atom stereocenters. The maximum Gasteiger partial charge on any atom is 0.437 e. The molecule has 0 aliphatic carbocycles. The van der Waals surface area contributed by atoms with Gasteiger partial charge in [-0.2, -0.15) is 10.2 Å². The van der Waals surface area contributed by atoms with Crippen LogP contribution in [0.1, 0.15) is 22.8 Å². The molecular formula is C10H14BN4. The molecule has 2 aromatic heterocycles. The Hall–Kier alpha value is -1.52. The topological polar surface area (TPSA) is 35.6 Å². The molecule has 0 atom stereocenters. The van der Waals surface area contributed by atoms with Gasteiger partial charge in [0, 0.05) is 11.4 Å². The Morgan fingerprint density at radius 3 is 1.53 bits per heavy atom. The molecule has 15 heavy (non-hydrogen) atoms. The highest BCUT2D eigenvalue weighted by Gasteiger charge is 2.08. The summed E-state index contributed by atoms with van der Waals surface area (Å²) in [6, 6.07) is 4.09. The molecule has 77 valence electrons. The zero-order chi connectivity index (χ0) is 11.0. The minimum absolute atomic E-state index is 1.02. The predicted molar refractivity (Wildman–Crippen MR) is 60.0 cm³/mol. The van der Waals surface area contributed by atoms with Crippen molar-refractivity contribution in [3.8, 4) is 0 Å².